The van der Waals surface area contributed by atoms with Crippen molar-refractivity contribution in [1.29, 1.82) is 0 Å². The van der Waals surface area contributed by atoms with Crippen LogP contribution in [0.3, 0.4) is 0 Å². The maximum absolute atomic E-state index is 12.9. The topological polar surface area (TPSA) is 38.1 Å². The lowest BCUT2D eigenvalue weighted by Crippen LogP contribution is -2.02. The van der Waals surface area contributed by atoms with Gasteiger partial charge >= 0.3 is 0 Å². The van der Waals surface area contributed by atoms with Crippen LogP contribution < -0.4 is 0 Å². The number of aliphatic hydroxyl groups is 1. The zero-order valence-electron chi connectivity index (χ0n) is 8.40. The normalized spacial score (nSPS) is 10.7. The Morgan fingerprint density at radius 1 is 1.44 bits per heavy atom. The molecule has 84 valence electrons. The van der Waals surface area contributed by atoms with Crippen LogP contribution in [0.15, 0.2) is 30.5 Å². The highest BCUT2D eigenvalue weighted by molar-refractivity contribution is 6.30. The number of aliphatic hydroxyl groups excluding tert-OH is 1. The first-order valence-electron chi connectivity index (χ1n) is 4.76. The quantitative estimate of drug-likeness (QED) is 0.893. The van der Waals surface area contributed by atoms with E-state index in [0.29, 0.717) is 17.3 Å². The highest BCUT2D eigenvalue weighted by Crippen LogP contribution is 2.17. The second-order valence-electron chi connectivity index (χ2n) is 3.41. The fraction of sp³-hybridized carbons (Fsp3) is 0.182. The third kappa shape index (κ3) is 2.23. The Balaban J connectivity index is 2.24. The van der Waals surface area contributed by atoms with Gasteiger partial charge in [-0.15, -0.1) is 0 Å². The minimum atomic E-state index is -0.289. The number of nitrogens with zero attached hydrogens (tertiary/aromatic N) is 2. The van der Waals surface area contributed by atoms with E-state index in [1.807, 2.05) is 0 Å². The van der Waals surface area contributed by atoms with Gasteiger partial charge in [-0.25, -0.2) is 9.07 Å². The Bertz CT molecular complexity index is 498. The number of hydrogen-bond acceptors (Lipinski definition) is 2. The average molecular weight is 241 g/mol. The Kier molecular flexibility index (Phi) is 3.22. The number of halogens is 2. The summed E-state index contributed by atoms with van der Waals surface area (Å²) in [5.74, 6) is -0.289. The smallest absolute Gasteiger partial charge is 0.132 e. The molecule has 0 amide bonds. The third-order valence-corrected chi connectivity index (χ3v) is 2.67. The molecule has 0 aliphatic heterocycles. The van der Waals surface area contributed by atoms with Gasteiger partial charge in [-0.05, 0) is 17.7 Å². The van der Waals surface area contributed by atoms with E-state index in [1.54, 1.807) is 12.1 Å². The summed E-state index contributed by atoms with van der Waals surface area (Å²) < 4.78 is 14.5. The lowest BCUT2D eigenvalue weighted by Gasteiger charge is -2.03. The summed E-state index contributed by atoms with van der Waals surface area (Å²) in [6.45, 7) is 0.235. The summed E-state index contributed by atoms with van der Waals surface area (Å²) in [7, 11) is 0. The largest absolute Gasteiger partial charge is 0.392 e. The minimum Gasteiger partial charge on any atom is -0.392 e. The van der Waals surface area contributed by atoms with Crippen LogP contribution in [0.1, 0.15) is 11.1 Å². The van der Waals surface area contributed by atoms with Crippen molar-refractivity contribution in [3.05, 3.63) is 52.6 Å². The van der Waals surface area contributed by atoms with Gasteiger partial charge in [-0.2, -0.15) is 5.10 Å². The molecule has 0 saturated carbocycles. The van der Waals surface area contributed by atoms with Crippen LogP contribution in [0.5, 0.6) is 0 Å². The molecule has 0 aliphatic carbocycles. The predicted molar refractivity (Wildman–Crippen MR) is 58.7 cm³/mol. The van der Waals surface area contributed by atoms with Gasteiger partial charge in [-0.3, -0.25) is 0 Å². The zero-order chi connectivity index (χ0) is 11.5. The maximum atomic E-state index is 12.9. The molecular formula is C11H10ClFN2O. The Morgan fingerprint density at radius 2 is 2.25 bits per heavy atom. The number of hydrogen-bond donors (Lipinski definition) is 1. The van der Waals surface area contributed by atoms with Crippen molar-refractivity contribution >= 4 is 11.6 Å². The average Bonchev–Trinajstić information content (AvgIpc) is 2.60. The minimum absolute atomic E-state index is 0.151. The summed E-state index contributed by atoms with van der Waals surface area (Å²) in [5, 5.41) is 13.3. The van der Waals surface area contributed by atoms with Gasteiger partial charge in [0.2, 0.25) is 0 Å². The number of rotatable bonds is 3. The Morgan fingerprint density at radius 3 is 2.88 bits per heavy atom. The van der Waals surface area contributed by atoms with Crippen molar-refractivity contribution in [2.24, 2.45) is 0 Å². The summed E-state index contributed by atoms with van der Waals surface area (Å²) in [6, 6.07) is 6.23. The summed E-state index contributed by atoms with van der Waals surface area (Å²) in [4.78, 5) is 0. The molecule has 0 atom stereocenters. The van der Waals surface area contributed by atoms with Gasteiger partial charge in [0, 0.05) is 5.56 Å². The molecule has 2 rings (SSSR count). The molecule has 1 N–H and O–H groups in total. The van der Waals surface area contributed by atoms with Gasteiger partial charge < -0.3 is 5.11 Å². The molecule has 3 nitrogen and oxygen atoms in total. The van der Waals surface area contributed by atoms with E-state index in [0.717, 1.165) is 5.56 Å². The zero-order valence-corrected chi connectivity index (χ0v) is 9.15. The van der Waals surface area contributed by atoms with Crippen molar-refractivity contribution in [1.82, 2.24) is 9.78 Å². The van der Waals surface area contributed by atoms with E-state index in [2.05, 4.69) is 5.10 Å². The van der Waals surface area contributed by atoms with Crippen molar-refractivity contribution in [2.45, 2.75) is 13.2 Å². The number of benzene rings is 1. The fourth-order valence-electron chi connectivity index (χ4n) is 1.43. The Labute approximate surface area is 97.1 Å². The molecule has 1 aromatic heterocycles. The van der Waals surface area contributed by atoms with Crippen LogP contribution in [-0.2, 0) is 13.2 Å². The Hall–Kier alpha value is -1.39. The fourth-order valence-corrected chi connectivity index (χ4v) is 1.65. The van der Waals surface area contributed by atoms with Crippen LogP contribution in [0.2, 0.25) is 5.15 Å². The molecule has 0 bridgehead atoms. The molecule has 0 unspecified atom stereocenters. The number of aromatic nitrogens is 2. The van der Waals surface area contributed by atoms with Crippen molar-refractivity contribution < 1.29 is 9.50 Å². The molecular weight excluding hydrogens is 231 g/mol. The van der Waals surface area contributed by atoms with Crippen LogP contribution >= 0.6 is 11.6 Å². The van der Waals surface area contributed by atoms with Crippen molar-refractivity contribution in [3.63, 3.8) is 0 Å². The first-order valence-corrected chi connectivity index (χ1v) is 5.14. The van der Waals surface area contributed by atoms with Crippen LogP contribution in [0.25, 0.3) is 0 Å². The van der Waals surface area contributed by atoms with E-state index in [4.69, 9.17) is 16.7 Å². The monoisotopic (exact) mass is 240 g/mol. The summed E-state index contributed by atoms with van der Waals surface area (Å²) in [5.41, 5.74) is 1.34. The van der Waals surface area contributed by atoms with E-state index >= 15 is 0 Å². The second-order valence-corrected chi connectivity index (χ2v) is 3.76. The molecule has 16 heavy (non-hydrogen) atoms. The summed E-state index contributed by atoms with van der Waals surface area (Å²) in [6.07, 6.45) is 1.50. The van der Waals surface area contributed by atoms with Crippen LogP contribution in [0.4, 0.5) is 4.39 Å². The van der Waals surface area contributed by atoms with E-state index < -0.39 is 0 Å². The van der Waals surface area contributed by atoms with Crippen molar-refractivity contribution in [2.75, 3.05) is 0 Å². The molecule has 0 radical (unpaired) electrons. The molecule has 5 heteroatoms. The third-order valence-electron chi connectivity index (χ3n) is 2.24. The van der Waals surface area contributed by atoms with Gasteiger partial charge in [-0.1, -0.05) is 23.7 Å². The van der Waals surface area contributed by atoms with E-state index in [9.17, 15) is 4.39 Å². The first-order chi connectivity index (χ1) is 7.70. The SMILES string of the molecule is OCc1cnn(Cc2cccc(F)c2)c1Cl. The van der Waals surface area contributed by atoms with Crippen LogP contribution in [0, 0.1) is 5.82 Å². The second kappa shape index (κ2) is 4.63. The highest BCUT2D eigenvalue weighted by Gasteiger charge is 2.07. The maximum Gasteiger partial charge on any atom is 0.132 e. The standard InChI is InChI=1S/C11H10ClFN2O/c12-11-9(7-16)5-14-15(11)6-8-2-1-3-10(13)4-8/h1-5,16H,6-7H2. The summed E-state index contributed by atoms with van der Waals surface area (Å²) >= 11 is 5.96. The molecule has 1 aromatic carbocycles. The van der Waals surface area contributed by atoms with Crippen LogP contribution in [-0.4, -0.2) is 14.9 Å². The van der Waals surface area contributed by atoms with Gasteiger partial charge in [0.1, 0.15) is 11.0 Å². The molecule has 0 saturated heterocycles. The lowest BCUT2D eigenvalue weighted by atomic mass is 10.2. The molecule has 1 heterocycles. The molecule has 0 spiro atoms. The van der Waals surface area contributed by atoms with Crippen molar-refractivity contribution in [3.8, 4) is 0 Å². The predicted octanol–water partition coefficient (Wildman–Crippen LogP) is 2.22. The van der Waals surface area contributed by atoms with Gasteiger partial charge in [0.25, 0.3) is 0 Å². The first kappa shape index (κ1) is 11.1. The van der Waals surface area contributed by atoms with E-state index in [1.165, 1.54) is 23.0 Å². The highest BCUT2D eigenvalue weighted by atomic mass is 35.5. The molecule has 2 aromatic rings. The molecule has 0 fully saturated rings. The van der Waals surface area contributed by atoms with Gasteiger partial charge in [0.05, 0.1) is 19.3 Å². The molecule has 0 aliphatic rings. The lowest BCUT2D eigenvalue weighted by molar-refractivity contribution is 0.282. The van der Waals surface area contributed by atoms with E-state index in [-0.39, 0.29) is 12.4 Å². The van der Waals surface area contributed by atoms with Gasteiger partial charge in [0.15, 0.2) is 0 Å².